The highest BCUT2D eigenvalue weighted by Crippen LogP contribution is 2.34. The van der Waals surface area contributed by atoms with E-state index in [0.717, 1.165) is 16.7 Å². The lowest BCUT2D eigenvalue weighted by Crippen LogP contribution is -2.36. The highest BCUT2D eigenvalue weighted by molar-refractivity contribution is 6.31. The van der Waals surface area contributed by atoms with Gasteiger partial charge in [0.1, 0.15) is 18.1 Å². The predicted molar refractivity (Wildman–Crippen MR) is 167 cm³/mol. The van der Waals surface area contributed by atoms with Crippen LogP contribution in [0, 0.1) is 11.0 Å². The van der Waals surface area contributed by atoms with Crippen LogP contribution in [0.4, 0.5) is 14.9 Å². The van der Waals surface area contributed by atoms with Crippen LogP contribution in [0.15, 0.2) is 97.7 Å². The summed E-state index contributed by atoms with van der Waals surface area (Å²) in [6.45, 7) is 0. The third-order valence-corrected chi connectivity index (χ3v) is 7.67. The van der Waals surface area contributed by atoms with Gasteiger partial charge in [0.15, 0.2) is 12.0 Å². The fourth-order valence-corrected chi connectivity index (χ4v) is 5.26. The average molecular weight is 641 g/mol. The molecule has 0 fully saturated rings. The molecule has 46 heavy (non-hydrogen) atoms. The van der Waals surface area contributed by atoms with Crippen LogP contribution >= 0.6 is 11.6 Å². The summed E-state index contributed by atoms with van der Waals surface area (Å²) < 4.78 is 29.2. The number of nitrogens with one attached hydrogen (secondary N) is 1. The smallest absolute Gasteiger partial charge is 0.411 e. The van der Waals surface area contributed by atoms with E-state index in [-0.39, 0.29) is 16.1 Å². The molecule has 0 saturated carbocycles. The van der Waals surface area contributed by atoms with Gasteiger partial charge in [0.05, 0.1) is 42.3 Å². The lowest BCUT2D eigenvalue weighted by atomic mass is 10.00. The molecule has 232 valence electrons. The number of rotatable bonds is 9. The monoisotopic (exact) mass is 640 g/mol. The number of carbonyl (C=O) groups is 1. The second-order valence-electron chi connectivity index (χ2n) is 10.2. The van der Waals surface area contributed by atoms with Crippen molar-refractivity contribution in [3.8, 4) is 33.7 Å². The number of benzene rings is 3. The lowest BCUT2D eigenvalue weighted by molar-refractivity contribution is -0.615. The summed E-state index contributed by atoms with van der Waals surface area (Å²) in [5.74, 6) is -0.0326. The first-order valence-corrected chi connectivity index (χ1v) is 14.3. The zero-order valence-electron chi connectivity index (χ0n) is 24.5. The van der Waals surface area contributed by atoms with Gasteiger partial charge in [-0.05, 0) is 64.0 Å². The Bertz CT molecular complexity index is 2000. The van der Waals surface area contributed by atoms with Gasteiger partial charge in [-0.2, -0.15) is 14.5 Å². The second kappa shape index (κ2) is 13.0. The van der Waals surface area contributed by atoms with Gasteiger partial charge in [-0.15, -0.1) is 5.10 Å². The normalized spacial score (nSPS) is 11.7. The molecule has 0 aliphatic heterocycles. The summed E-state index contributed by atoms with van der Waals surface area (Å²) in [5.41, 5.74) is 4.16. The Kier molecular flexibility index (Phi) is 8.57. The van der Waals surface area contributed by atoms with E-state index < -0.39 is 18.0 Å². The zero-order valence-corrected chi connectivity index (χ0v) is 25.3. The second-order valence-corrected chi connectivity index (χ2v) is 10.6. The molecule has 0 unspecified atom stereocenters. The van der Waals surface area contributed by atoms with Crippen LogP contribution in [0.1, 0.15) is 17.3 Å². The highest BCUT2D eigenvalue weighted by atomic mass is 35.5. The molecule has 6 aromatic rings. The molecule has 1 amide bonds. The molecule has 6 rings (SSSR count). The van der Waals surface area contributed by atoms with Crippen molar-refractivity contribution < 1.29 is 23.4 Å². The van der Waals surface area contributed by atoms with E-state index in [1.54, 1.807) is 48.3 Å². The molecule has 1 atom stereocenters. The van der Waals surface area contributed by atoms with Crippen LogP contribution in [-0.2, 0) is 11.2 Å². The number of hydrogen-bond donors (Lipinski definition) is 1. The van der Waals surface area contributed by atoms with Gasteiger partial charge in [-0.1, -0.05) is 35.9 Å². The Morgan fingerprint density at radius 2 is 1.87 bits per heavy atom. The summed E-state index contributed by atoms with van der Waals surface area (Å²) in [4.78, 5) is 11.6. The molecule has 1 N–H and O–H groups in total. The molecule has 3 aromatic carbocycles. The largest absolute Gasteiger partial charge is 0.618 e. The molecule has 14 heteroatoms. The number of hydrogen-bond acceptors (Lipinski definition) is 8. The molecule has 0 spiro atoms. The summed E-state index contributed by atoms with van der Waals surface area (Å²) in [7, 11) is 2.88. The first kappa shape index (κ1) is 30.2. The van der Waals surface area contributed by atoms with Crippen LogP contribution in [0.25, 0.3) is 27.9 Å². The first-order valence-electron chi connectivity index (χ1n) is 13.9. The van der Waals surface area contributed by atoms with Crippen LogP contribution in [-0.4, -0.2) is 50.3 Å². The quantitative estimate of drug-likeness (QED) is 0.158. The Labute approximate surface area is 267 Å². The standard InChI is InChI=1S/C32H26ClFN8O4/c1-45-25-5-3-4-20(14-25)15-29(40-17-23(16-36-40)21-6-9-24(10-7-21)37-32(43)46-2)27-12-8-22(18-42(27)44)30-28(41-19-35-38-39-41)13-11-26(33)31(30)34/h3-14,16-19,29H,15H2,1-2H3,(H,37,43)/t29-/m0/s1. The van der Waals surface area contributed by atoms with Crippen molar-refractivity contribution in [2.75, 3.05) is 19.5 Å². The maximum Gasteiger partial charge on any atom is 0.411 e. The number of nitrogens with zero attached hydrogens (tertiary/aromatic N) is 7. The first-order chi connectivity index (χ1) is 22.3. The molecule has 0 saturated heterocycles. The number of aromatic nitrogens is 7. The number of ether oxygens (including phenoxy) is 2. The summed E-state index contributed by atoms with van der Waals surface area (Å²) in [6, 6.07) is 20.5. The van der Waals surface area contributed by atoms with Gasteiger partial charge < -0.3 is 14.7 Å². The average Bonchev–Trinajstić information content (AvgIpc) is 3.79. The van der Waals surface area contributed by atoms with Gasteiger partial charge >= 0.3 is 6.09 Å². The maximum atomic E-state index is 15.4. The minimum absolute atomic E-state index is 0.0757. The number of amides is 1. The number of anilines is 1. The molecule has 0 aliphatic rings. The van der Waals surface area contributed by atoms with Crippen LogP contribution in [0.2, 0.25) is 5.02 Å². The number of halogens is 2. The number of tetrazole rings is 1. The third kappa shape index (κ3) is 6.21. The highest BCUT2D eigenvalue weighted by Gasteiger charge is 2.26. The SMILES string of the molecule is COC(=O)Nc1ccc(-c2cnn([C@@H](Cc3cccc(OC)c3)c3ccc(-c4c(-n5cnnn5)ccc(Cl)c4F)c[n+]3[O-])c2)cc1. The van der Waals surface area contributed by atoms with Crippen molar-refractivity contribution in [3.63, 3.8) is 0 Å². The van der Waals surface area contributed by atoms with E-state index >= 15 is 4.39 Å². The number of carbonyl (C=O) groups excluding carboxylic acids is 1. The Balaban J connectivity index is 1.39. The molecular formula is C32H26ClFN8O4. The van der Waals surface area contributed by atoms with E-state index in [4.69, 9.17) is 16.3 Å². The third-order valence-electron chi connectivity index (χ3n) is 7.38. The van der Waals surface area contributed by atoms with Crippen LogP contribution in [0.5, 0.6) is 5.75 Å². The van der Waals surface area contributed by atoms with Gasteiger partial charge in [0, 0.05) is 29.9 Å². The predicted octanol–water partition coefficient (Wildman–Crippen LogP) is 5.64. The molecule has 12 nitrogen and oxygen atoms in total. The van der Waals surface area contributed by atoms with Gasteiger partial charge in [0.2, 0.25) is 5.69 Å². The molecular weight excluding hydrogens is 615 g/mol. The van der Waals surface area contributed by atoms with Gasteiger partial charge in [0.25, 0.3) is 0 Å². The van der Waals surface area contributed by atoms with Crippen molar-refractivity contribution in [1.82, 2.24) is 30.0 Å². The van der Waals surface area contributed by atoms with E-state index in [0.29, 0.717) is 34.0 Å². The molecule has 3 aromatic heterocycles. The van der Waals surface area contributed by atoms with Crippen molar-refractivity contribution in [2.24, 2.45) is 0 Å². The van der Waals surface area contributed by atoms with Gasteiger partial charge in [-0.3, -0.25) is 10.00 Å². The van der Waals surface area contributed by atoms with Gasteiger partial charge in [-0.25, -0.2) is 9.18 Å². The van der Waals surface area contributed by atoms with Crippen LogP contribution < -0.4 is 14.8 Å². The van der Waals surface area contributed by atoms with Crippen LogP contribution in [0.3, 0.4) is 0 Å². The fraction of sp³-hybridized carbons (Fsp3) is 0.125. The summed E-state index contributed by atoms with van der Waals surface area (Å²) >= 11 is 6.14. The molecule has 0 radical (unpaired) electrons. The number of pyridine rings is 1. The molecule has 0 aliphatic carbocycles. The zero-order chi connectivity index (χ0) is 32.2. The molecule has 0 bridgehead atoms. The Morgan fingerprint density at radius 3 is 2.59 bits per heavy atom. The Hall–Kier alpha value is -5.82. The van der Waals surface area contributed by atoms with Crippen molar-refractivity contribution in [1.29, 1.82) is 0 Å². The maximum absolute atomic E-state index is 15.4. The Morgan fingerprint density at radius 1 is 1.07 bits per heavy atom. The lowest BCUT2D eigenvalue weighted by Gasteiger charge is -2.19. The summed E-state index contributed by atoms with van der Waals surface area (Å²) in [5, 5.41) is 32.1. The molecule has 3 heterocycles. The minimum Gasteiger partial charge on any atom is -0.618 e. The fourth-order valence-electron chi connectivity index (χ4n) is 5.10. The van der Waals surface area contributed by atoms with E-state index in [1.807, 2.05) is 42.6 Å². The van der Waals surface area contributed by atoms with E-state index in [1.165, 1.54) is 30.4 Å². The topological polar surface area (TPSA) is 136 Å². The van der Waals surface area contributed by atoms with Crippen molar-refractivity contribution in [2.45, 2.75) is 12.5 Å². The van der Waals surface area contributed by atoms with E-state index in [9.17, 15) is 10.0 Å². The number of methoxy groups -OCH3 is 2. The minimum atomic E-state index is -0.708. The van der Waals surface area contributed by atoms with Crippen molar-refractivity contribution >= 4 is 23.4 Å². The van der Waals surface area contributed by atoms with E-state index in [2.05, 4.69) is 30.7 Å². The summed E-state index contributed by atoms with van der Waals surface area (Å²) in [6.07, 6.45) is 5.99. The van der Waals surface area contributed by atoms with Crippen molar-refractivity contribution in [3.05, 3.63) is 125 Å².